The average molecular weight is 358 g/mol. The maximum absolute atomic E-state index is 11.7. The Morgan fingerprint density at radius 2 is 1.95 bits per heavy atom. The summed E-state index contributed by atoms with van der Waals surface area (Å²) in [6, 6.07) is 3.08. The molecule has 6 heteroatoms. The number of aliphatic imine (C=N–C) groups is 1. The molecule has 0 aromatic heterocycles. The van der Waals surface area contributed by atoms with E-state index in [1.54, 1.807) is 19.9 Å². The number of phenolic OH excluding ortho intramolecular Hbond substituents is 1. The van der Waals surface area contributed by atoms with Gasteiger partial charge in [-0.15, -0.1) is 0 Å². The minimum Gasteiger partial charge on any atom is -0.504 e. The Kier molecular flexibility index (Phi) is 6.36. The third kappa shape index (κ3) is 5.13. The Bertz CT molecular complexity index is 541. The zero-order valence-corrected chi connectivity index (χ0v) is 14.1. The first kappa shape index (κ1) is 17.7. The number of aromatic hydroxyl groups is 1. The van der Waals surface area contributed by atoms with Crippen molar-refractivity contribution in [2.45, 2.75) is 33.9 Å². The average Bonchev–Trinajstić information content (AvgIpc) is 2.38. The van der Waals surface area contributed by atoms with Crippen LogP contribution in [0.1, 0.15) is 33.3 Å². The first-order valence-electron chi connectivity index (χ1n) is 6.67. The van der Waals surface area contributed by atoms with Gasteiger partial charge in [-0.25, -0.2) is 0 Å². The lowest BCUT2D eigenvalue weighted by Gasteiger charge is -2.13. The first-order valence-corrected chi connectivity index (χ1v) is 7.47. The summed E-state index contributed by atoms with van der Waals surface area (Å²) in [5.74, 6) is -0.940. The van der Waals surface area contributed by atoms with Crippen molar-refractivity contribution in [3.05, 3.63) is 22.2 Å². The lowest BCUT2D eigenvalue weighted by molar-refractivity contribution is -0.137. The fourth-order valence-electron chi connectivity index (χ4n) is 1.35. The molecule has 0 aliphatic carbocycles. The standard InChI is InChI=1S/C15H20BrNO4/c1-8(2)14(19)17-7-10-5-11(16)6-12(18)13(10)21-15(20)9(3)4/h5-9,14,18-19H,1-4H3/b17-7+. The van der Waals surface area contributed by atoms with Gasteiger partial charge in [0.25, 0.3) is 0 Å². The van der Waals surface area contributed by atoms with E-state index in [2.05, 4.69) is 20.9 Å². The zero-order valence-electron chi connectivity index (χ0n) is 12.5. The largest absolute Gasteiger partial charge is 0.504 e. The molecule has 0 aliphatic heterocycles. The van der Waals surface area contributed by atoms with Crippen LogP contribution in [0.4, 0.5) is 0 Å². The second-order valence-electron chi connectivity index (χ2n) is 5.35. The second-order valence-corrected chi connectivity index (χ2v) is 6.27. The van der Waals surface area contributed by atoms with E-state index in [9.17, 15) is 15.0 Å². The molecule has 5 nitrogen and oxygen atoms in total. The first-order chi connectivity index (χ1) is 9.72. The van der Waals surface area contributed by atoms with Crippen LogP contribution < -0.4 is 4.74 Å². The molecular formula is C15H20BrNO4. The van der Waals surface area contributed by atoms with Gasteiger partial charge in [-0.3, -0.25) is 9.79 Å². The normalized spacial score (nSPS) is 13.1. The van der Waals surface area contributed by atoms with Crippen molar-refractivity contribution in [1.82, 2.24) is 0 Å². The van der Waals surface area contributed by atoms with Crippen molar-refractivity contribution in [1.29, 1.82) is 0 Å². The number of benzene rings is 1. The highest BCUT2D eigenvalue weighted by Crippen LogP contribution is 2.33. The van der Waals surface area contributed by atoms with Gasteiger partial charge in [-0.1, -0.05) is 43.6 Å². The number of ether oxygens (including phenoxy) is 1. The third-order valence-corrected chi connectivity index (χ3v) is 3.16. The molecule has 1 unspecified atom stereocenters. The van der Waals surface area contributed by atoms with Crippen molar-refractivity contribution in [3.8, 4) is 11.5 Å². The van der Waals surface area contributed by atoms with Gasteiger partial charge in [0.15, 0.2) is 11.5 Å². The molecule has 1 rings (SSSR count). The molecule has 0 saturated heterocycles. The van der Waals surface area contributed by atoms with Crippen LogP contribution in [0.15, 0.2) is 21.6 Å². The lowest BCUT2D eigenvalue weighted by atomic mass is 10.1. The summed E-state index contributed by atoms with van der Waals surface area (Å²) < 4.78 is 5.82. The van der Waals surface area contributed by atoms with Crippen LogP contribution in [0.25, 0.3) is 0 Å². The molecule has 21 heavy (non-hydrogen) atoms. The van der Waals surface area contributed by atoms with Gasteiger partial charge >= 0.3 is 5.97 Å². The maximum Gasteiger partial charge on any atom is 0.313 e. The Labute approximate surface area is 132 Å². The Morgan fingerprint density at radius 1 is 1.33 bits per heavy atom. The Morgan fingerprint density at radius 3 is 2.48 bits per heavy atom. The van der Waals surface area contributed by atoms with Gasteiger partial charge in [0, 0.05) is 16.3 Å². The van der Waals surface area contributed by atoms with Crippen LogP contribution in [0.3, 0.4) is 0 Å². The minimum absolute atomic E-state index is 0.0383. The molecule has 1 aromatic rings. The van der Waals surface area contributed by atoms with Crippen LogP contribution in [-0.2, 0) is 4.79 Å². The van der Waals surface area contributed by atoms with Crippen LogP contribution >= 0.6 is 15.9 Å². The summed E-state index contributed by atoms with van der Waals surface area (Å²) in [4.78, 5) is 15.7. The number of aliphatic hydroxyl groups excluding tert-OH is 1. The quantitative estimate of drug-likeness (QED) is 0.482. The number of phenols is 1. The number of carbonyl (C=O) groups is 1. The van der Waals surface area contributed by atoms with Crippen LogP contribution in [0, 0.1) is 11.8 Å². The fraction of sp³-hybridized carbons (Fsp3) is 0.467. The van der Waals surface area contributed by atoms with Gasteiger partial charge in [0.05, 0.1) is 5.92 Å². The van der Waals surface area contributed by atoms with Crippen molar-refractivity contribution in [3.63, 3.8) is 0 Å². The smallest absolute Gasteiger partial charge is 0.313 e. The molecule has 2 N–H and O–H groups in total. The molecule has 0 amide bonds. The highest BCUT2D eigenvalue weighted by Gasteiger charge is 2.17. The fourth-order valence-corrected chi connectivity index (χ4v) is 1.82. The Hall–Kier alpha value is -1.40. The summed E-state index contributed by atoms with van der Waals surface area (Å²) in [7, 11) is 0. The van der Waals surface area contributed by atoms with E-state index in [1.165, 1.54) is 12.3 Å². The summed E-state index contributed by atoms with van der Waals surface area (Å²) in [6.45, 7) is 7.07. The second kappa shape index (κ2) is 7.56. The highest BCUT2D eigenvalue weighted by molar-refractivity contribution is 9.10. The maximum atomic E-state index is 11.7. The topological polar surface area (TPSA) is 79.1 Å². The number of carbonyl (C=O) groups excluding carboxylic acids is 1. The van der Waals surface area contributed by atoms with E-state index in [0.29, 0.717) is 10.0 Å². The molecule has 0 spiro atoms. The molecular weight excluding hydrogens is 338 g/mol. The van der Waals surface area contributed by atoms with Gasteiger partial charge in [-0.05, 0) is 18.1 Å². The summed E-state index contributed by atoms with van der Waals surface area (Å²) in [6.07, 6.45) is 0.526. The predicted molar refractivity (Wildman–Crippen MR) is 84.7 cm³/mol. The van der Waals surface area contributed by atoms with E-state index in [0.717, 1.165) is 0 Å². The lowest BCUT2D eigenvalue weighted by Crippen LogP contribution is -2.16. The summed E-state index contributed by atoms with van der Waals surface area (Å²) in [5, 5.41) is 19.7. The van der Waals surface area contributed by atoms with E-state index in [-0.39, 0.29) is 23.3 Å². The van der Waals surface area contributed by atoms with Crippen LogP contribution in [-0.4, -0.2) is 28.6 Å². The number of nitrogens with zero attached hydrogens (tertiary/aromatic N) is 1. The van der Waals surface area contributed by atoms with Gasteiger partial charge in [-0.2, -0.15) is 0 Å². The van der Waals surface area contributed by atoms with E-state index < -0.39 is 12.2 Å². The van der Waals surface area contributed by atoms with Gasteiger partial charge < -0.3 is 14.9 Å². The van der Waals surface area contributed by atoms with Gasteiger partial charge in [0.2, 0.25) is 0 Å². The van der Waals surface area contributed by atoms with Gasteiger partial charge in [0.1, 0.15) is 6.23 Å². The monoisotopic (exact) mass is 357 g/mol. The molecule has 116 valence electrons. The van der Waals surface area contributed by atoms with Crippen molar-refractivity contribution >= 4 is 28.1 Å². The minimum atomic E-state index is -0.861. The summed E-state index contributed by atoms with van der Waals surface area (Å²) in [5.41, 5.74) is 0.413. The molecule has 0 radical (unpaired) electrons. The van der Waals surface area contributed by atoms with E-state index >= 15 is 0 Å². The number of aliphatic hydroxyl groups is 1. The number of esters is 1. The number of hydrogen-bond donors (Lipinski definition) is 2. The highest BCUT2D eigenvalue weighted by atomic mass is 79.9. The van der Waals surface area contributed by atoms with E-state index in [1.807, 2.05) is 13.8 Å². The van der Waals surface area contributed by atoms with Crippen LogP contribution in [0.2, 0.25) is 0 Å². The third-order valence-electron chi connectivity index (χ3n) is 2.70. The van der Waals surface area contributed by atoms with Crippen molar-refractivity contribution in [2.24, 2.45) is 16.8 Å². The molecule has 0 saturated carbocycles. The van der Waals surface area contributed by atoms with Crippen molar-refractivity contribution < 1.29 is 19.7 Å². The number of halogens is 1. The van der Waals surface area contributed by atoms with E-state index in [4.69, 9.17) is 4.74 Å². The molecule has 0 aliphatic rings. The van der Waals surface area contributed by atoms with Crippen LogP contribution in [0.5, 0.6) is 11.5 Å². The summed E-state index contributed by atoms with van der Waals surface area (Å²) >= 11 is 3.25. The molecule has 0 heterocycles. The molecule has 1 aromatic carbocycles. The predicted octanol–water partition coefficient (Wildman–Crippen LogP) is 3.11. The molecule has 1 atom stereocenters. The molecule has 0 bridgehead atoms. The Balaban J connectivity index is 3.14. The zero-order chi connectivity index (χ0) is 16.2. The number of rotatable bonds is 5. The SMILES string of the molecule is CC(C)C(=O)Oc1c(O)cc(Br)cc1/C=N/C(O)C(C)C. The molecule has 0 fully saturated rings. The number of hydrogen-bond acceptors (Lipinski definition) is 5. The van der Waals surface area contributed by atoms with Crippen molar-refractivity contribution in [2.75, 3.05) is 0 Å².